The van der Waals surface area contributed by atoms with Gasteiger partial charge >= 0.3 is 10.1 Å². The van der Waals surface area contributed by atoms with Crippen LogP contribution in [0.5, 0.6) is 5.75 Å². The van der Waals surface area contributed by atoms with E-state index >= 15 is 0 Å². The maximum atomic E-state index is 12.2. The van der Waals surface area contributed by atoms with Gasteiger partial charge in [-0.2, -0.15) is 8.42 Å². The molecule has 0 atom stereocenters. The zero-order valence-electron chi connectivity index (χ0n) is 18.3. The predicted molar refractivity (Wildman–Crippen MR) is 136 cm³/mol. The molecule has 0 spiro atoms. The molecule has 0 fully saturated rings. The van der Waals surface area contributed by atoms with E-state index in [0.29, 0.717) is 27.8 Å². The van der Waals surface area contributed by atoms with Gasteiger partial charge in [-0.15, -0.1) is 0 Å². The number of nitrogens with two attached hydrogens (primary N) is 1. The summed E-state index contributed by atoms with van der Waals surface area (Å²) in [5, 5.41) is 23.5. The Morgan fingerprint density at radius 2 is 1.51 bits per heavy atom. The molecule has 0 bridgehead atoms. The second-order valence-corrected chi connectivity index (χ2v) is 9.33. The fraction of sp³-hybridized carbons (Fsp3) is 0. The topological polar surface area (TPSA) is 139 Å². The van der Waals surface area contributed by atoms with Crippen molar-refractivity contribution in [2.45, 2.75) is 4.90 Å². The minimum Gasteiger partial charge on any atom is -0.502 e. The van der Waals surface area contributed by atoms with E-state index in [1.165, 1.54) is 6.07 Å². The first-order chi connectivity index (χ1) is 16.8. The second-order valence-electron chi connectivity index (χ2n) is 7.94. The van der Waals surface area contributed by atoms with Gasteiger partial charge < -0.3 is 16.2 Å². The largest absolute Gasteiger partial charge is 0.502 e. The highest BCUT2D eigenvalue weighted by Crippen LogP contribution is 2.37. The van der Waals surface area contributed by atoms with Gasteiger partial charge in [-0.05, 0) is 59.0 Å². The van der Waals surface area contributed by atoms with Crippen LogP contribution in [0.3, 0.4) is 0 Å². The maximum Gasteiger partial charge on any atom is 0.301 e. The highest BCUT2D eigenvalue weighted by Gasteiger charge is 2.26. The highest BCUT2D eigenvalue weighted by atomic mass is 32.2. The lowest BCUT2D eigenvalue weighted by atomic mass is 10.1. The van der Waals surface area contributed by atoms with Crippen molar-refractivity contribution in [2.24, 2.45) is 5.11 Å². The van der Waals surface area contributed by atoms with Crippen LogP contribution in [0.15, 0.2) is 101 Å². The van der Waals surface area contributed by atoms with E-state index in [1.54, 1.807) is 30.3 Å². The number of phenols is 1. The summed E-state index contributed by atoms with van der Waals surface area (Å²) in [5.74, 6) is -0.357. The van der Waals surface area contributed by atoms with E-state index in [2.05, 4.69) is 15.5 Å². The lowest BCUT2D eigenvalue weighted by Gasteiger charge is -2.10. The zero-order valence-corrected chi connectivity index (χ0v) is 19.1. The minimum atomic E-state index is -4.70. The molecule has 174 valence electrons. The molecule has 0 unspecified atom stereocenters. The smallest absolute Gasteiger partial charge is 0.301 e. The van der Waals surface area contributed by atoms with E-state index in [1.807, 2.05) is 54.6 Å². The third-order valence-electron chi connectivity index (χ3n) is 5.64. The van der Waals surface area contributed by atoms with Crippen LogP contribution >= 0.6 is 0 Å². The van der Waals surface area contributed by atoms with Crippen molar-refractivity contribution in [3.63, 3.8) is 0 Å². The molecule has 0 aromatic heterocycles. The van der Waals surface area contributed by atoms with Gasteiger partial charge in [-0.3, -0.25) is 4.55 Å². The Morgan fingerprint density at radius 1 is 0.800 bits per heavy atom. The Bertz CT molecular complexity index is 1720. The molecule has 8 nitrogen and oxygen atoms in total. The van der Waals surface area contributed by atoms with Gasteiger partial charge in [-0.1, -0.05) is 47.6 Å². The number of nitrogens with zero attached hydrogens (tertiary/aromatic N) is 1. The van der Waals surface area contributed by atoms with Crippen molar-refractivity contribution in [3.05, 3.63) is 91.0 Å². The monoisotopic (exact) mass is 485 g/mol. The average Bonchev–Trinajstić information content (AvgIpc) is 2.84. The first-order valence-electron chi connectivity index (χ1n) is 10.6. The lowest BCUT2D eigenvalue weighted by molar-refractivity contribution is -0.436. The van der Waals surface area contributed by atoms with Crippen LogP contribution in [0.1, 0.15) is 0 Å². The van der Waals surface area contributed by atoms with Crippen molar-refractivity contribution in [2.75, 3.05) is 11.1 Å². The minimum absolute atomic E-state index is 0.232. The summed E-state index contributed by atoms with van der Waals surface area (Å²) >= 11 is 0. The summed E-state index contributed by atoms with van der Waals surface area (Å²) in [5.41, 5.74) is 8.40. The summed E-state index contributed by atoms with van der Waals surface area (Å²) in [6, 6.07) is 26.6. The Kier molecular flexibility index (Phi) is 5.56. The van der Waals surface area contributed by atoms with Crippen LogP contribution in [-0.4, -0.2) is 18.1 Å². The van der Waals surface area contributed by atoms with Crippen molar-refractivity contribution in [1.82, 2.24) is 0 Å². The molecule has 5 aromatic rings. The Morgan fingerprint density at radius 3 is 2.26 bits per heavy atom. The third kappa shape index (κ3) is 4.37. The maximum absolute atomic E-state index is 12.2. The lowest BCUT2D eigenvalue weighted by Crippen LogP contribution is -2.58. The molecule has 5 aromatic carbocycles. The van der Waals surface area contributed by atoms with Gasteiger partial charge in [0.05, 0.1) is 0 Å². The summed E-state index contributed by atoms with van der Waals surface area (Å²) in [7, 11) is -4.70. The quantitative estimate of drug-likeness (QED) is 0.105. The molecule has 5 rings (SSSR count). The van der Waals surface area contributed by atoms with Crippen molar-refractivity contribution >= 4 is 60.1 Å². The molecule has 0 amide bonds. The Labute approximate surface area is 201 Å². The fourth-order valence-electron chi connectivity index (χ4n) is 3.96. The van der Waals surface area contributed by atoms with E-state index in [4.69, 9.17) is 5.73 Å². The Hall–Kier alpha value is -4.47. The van der Waals surface area contributed by atoms with Crippen LogP contribution in [0.4, 0.5) is 28.4 Å². The molecule has 0 radical (unpaired) electrons. The normalized spacial score (nSPS) is 11.9. The average molecular weight is 486 g/mol. The first kappa shape index (κ1) is 22.3. The van der Waals surface area contributed by atoms with Crippen molar-refractivity contribution in [1.29, 1.82) is 0 Å². The van der Waals surface area contributed by atoms with E-state index in [9.17, 15) is 18.1 Å². The molecular formula is C26H21N4O4S+. The van der Waals surface area contributed by atoms with Crippen LogP contribution in [0.2, 0.25) is 0 Å². The molecule has 0 saturated carbocycles. The number of nitrogen functional groups attached to an aromatic ring is 1. The Balaban J connectivity index is 1.63. The third-order valence-corrected chi connectivity index (χ3v) is 6.52. The van der Waals surface area contributed by atoms with Crippen LogP contribution in [0.25, 0.3) is 21.5 Å². The molecule has 0 saturated heterocycles. The number of fused-ring (bicyclic) bond motifs is 2. The van der Waals surface area contributed by atoms with Crippen molar-refractivity contribution < 1.29 is 23.2 Å². The van der Waals surface area contributed by atoms with Crippen LogP contribution in [0, 0.1) is 0 Å². The second kappa shape index (κ2) is 8.71. The standard InChI is InChI=1S/C26H20N4O4S/c27-22-12-13-23(21-9-5-4-8-20(21)22)29-30-25-24(35(32,33)34)15-16-14-18(10-11-19(16)26(25)31)28-17-6-2-1-3-7-17/h1-15,28,31H,27H2,(H,32,33,34)/p+1. The molecule has 6 N–H and O–H groups in total. The van der Waals surface area contributed by atoms with Crippen molar-refractivity contribution in [3.8, 4) is 5.75 Å². The predicted octanol–water partition coefficient (Wildman–Crippen LogP) is 4.77. The number of phenolic OH excluding ortho intramolecular Hbond substituents is 1. The molecule has 0 aliphatic carbocycles. The molecule has 0 aliphatic heterocycles. The number of anilines is 3. The van der Waals surface area contributed by atoms with Gasteiger partial charge in [0.1, 0.15) is 5.69 Å². The molecule has 35 heavy (non-hydrogen) atoms. The summed E-state index contributed by atoms with van der Waals surface area (Å²) in [4.78, 5) is -0.497. The van der Waals surface area contributed by atoms with E-state index in [-0.39, 0.29) is 11.4 Å². The molecule has 0 heterocycles. The number of aromatic hydroxyl groups is 1. The number of rotatable bonds is 5. The first-order valence-corrected chi connectivity index (χ1v) is 12.1. The number of hydrogen-bond donors (Lipinski definition) is 5. The molecular weight excluding hydrogens is 464 g/mol. The van der Waals surface area contributed by atoms with Gasteiger partial charge in [-0.25, -0.2) is 0 Å². The number of azo groups is 1. The number of para-hydroxylation sites is 1. The SMILES string of the molecule is Nc1ccc(N=[NH+]c2c(S(=O)(=O)O)cc3cc(Nc4ccccc4)ccc3c2O)c2ccccc12. The van der Waals surface area contributed by atoms with Gasteiger partial charge in [0, 0.05) is 33.2 Å². The van der Waals surface area contributed by atoms with Gasteiger partial charge in [0.15, 0.2) is 10.6 Å². The van der Waals surface area contributed by atoms with E-state index in [0.717, 1.165) is 16.5 Å². The molecule has 0 aliphatic rings. The number of benzene rings is 5. The van der Waals surface area contributed by atoms with Crippen LogP contribution < -0.4 is 16.2 Å². The van der Waals surface area contributed by atoms with E-state index < -0.39 is 15.0 Å². The summed E-state index contributed by atoms with van der Waals surface area (Å²) < 4.78 is 34.4. The number of hydrogen-bond acceptors (Lipinski definition) is 6. The summed E-state index contributed by atoms with van der Waals surface area (Å²) in [6.07, 6.45) is 0. The summed E-state index contributed by atoms with van der Waals surface area (Å²) in [6.45, 7) is 0. The van der Waals surface area contributed by atoms with Crippen LogP contribution in [-0.2, 0) is 10.1 Å². The number of nitrogens with one attached hydrogen (secondary N) is 2. The molecule has 9 heteroatoms. The fourth-order valence-corrected chi connectivity index (χ4v) is 4.64. The highest BCUT2D eigenvalue weighted by molar-refractivity contribution is 7.86. The zero-order chi connectivity index (χ0) is 24.6. The van der Waals surface area contributed by atoms with Gasteiger partial charge in [0.25, 0.3) is 5.69 Å². The van der Waals surface area contributed by atoms with Gasteiger partial charge in [0.2, 0.25) is 0 Å².